The zero-order valence-corrected chi connectivity index (χ0v) is 8.20. The van der Waals surface area contributed by atoms with Crippen molar-refractivity contribution < 1.29 is 5.48 Å². The van der Waals surface area contributed by atoms with Crippen LogP contribution >= 0.6 is 0 Å². The van der Waals surface area contributed by atoms with Crippen LogP contribution in [0.4, 0.5) is 0 Å². The smallest absolute Gasteiger partial charge is 0.0155 e. The van der Waals surface area contributed by atoms with E-state index in [0.717, 1.165) is 0 Å². The van der Waals surface area contributed by atoms with Crippen molar-refractivity contribution in [2.75, 3.05) is 0 Å². The maximum Gasteiger partial charge on any atom is -0.0155 e. The highest BCUT2D eigenvalue weighted by Crippen LogP contribution is 2.21. The largest absolute Gasteiger partial charge is 0.412 e. The molecular formula is C13H14O. The number of rotatable bonds is 1. The molecular weight excluding hydrogens is 172 g/mol. The summed E-state index contributed by atoms with van der Waals surface area (Å²) >= 11 is 0. The van der Waals surface area contributed by atoms with Crippen molar-refractivity contribution in [3.05, 3.63) is 60.2 Å². The normalized spacial score (nSPS) is 9.21. The lowest BCUT2D eigenvalue weighted by Gasteiger charge is -2.04. The van der Waals surface area contributed by atoms with Gasteiger partial charge in [-0.2, -0.15) is 0 Å². The van der Waals surface area contributed by atoms with E-state index in [1.165, 1.54) is 16.7 Å². The second-order valence-corrected chi connectivity index (χ2v) is 3.18. The first-order chi connectivity index (χ1) is 6.38. The highest BCUT2D eigenvalue weighted by atomic mass is 16.0. The van der Waals surface area contributed by atoms with E-state index in [9.17, 15) is 0 Å². The van der Waals surface area contributed by atoms with Gasteiger partial charge in [-0.05, 0) is 23.6 Å². The molecule has 0 spiro atoms. The maximum absolute atomic E-state index is 2.16. The van der Waals surface area contributed by atoms with Crippen LogP contribution in [0.15, 0.2) is 54.6 Å². The standard InChI is InChI=1S/C13H12.H2O/c1-11-7-5-6-10-13(11)12-8-3-2-4-9-12;/h2-10H,1H3;1H2. The molecule has 1 heteroatoms. The molecule has 0 fully saturated rings. The fraction of sp³-hybridized carbons (Fsp3) is 0.0769. The van der Waals surface area contributed by atoms with E-state index in [-0.39, 0.29) is 5.48 Å². The molecule has 1 nitrogen and oxygen atoms in total. The summed E-state index contributed by atoms with van der Waals surface area (Å²) in [6.07, 6.45) is 0. The van der Waals surface area contributed by atoms with E-state index in [1.54, 1.807) is 0 Å². The van der Waals surface area contributed by atoms with Gasteiger partial charge >= 0.3 is 0 Å². The molecule has 14 heavy (non-hydrogen) atoms. The SMILES string of the molecule is Cc1ccccc1-c1ccccc1.O. The predicted octanol–water partition coefficient (Wildman–Crippen LogP) is 2.84. The van der Waals surface area contributed by atoms with Gasteiger partial charge in [-0.25, -0.2) is 0 Å². The first-order valence-corrected chi connectivity index (χ1v) is 4.49. The molecule has 0 atom stereocenters. The van der Waals surface area contributed by atoms with Crippen molar-refractivity contribution in [2.24, 2.45) is 0 Å². The summed E-state index contributed by atoms with van der Waals surface area (Å²) in [5, 5.41) is 0. The second-order valence-electron chi connectivity index (χ2n) is 3.18. The minimum atomic E-state index is 0. The van der Waals surface area contributed by atoms with Gasteiger partial charge in [-0.1, -0.05) is 54.6 Å². The summed E-state index contributed by atoms with van der Waals surface area (Å²) in [6, 6.07) is 18.9. The fourth-order valence-electron chi connectivity index (χ4n) is 1.51. The predicted molar refractivity (Wildman–Crippen MR) is 60.2 cm³/mol. The van der Waals surface area contributed by atoms with E-state index in [2.05, 4.69) is 55.5 Å². The van der Waals surface area contributed by atoms with Crippen molar-refractivity contribution >= 4 is 0 Å². The molecule has 2 N–H and O–H groups in total. The van der Waals surface area contributed by atoms with E-state index in [1.807, 2.05) is 6.07 Å². The van der Waals surface area contributed by atoms with Crippen LogP contribution in [-0.4, -0.2) is 5.48 Å². The molecule has 2 aromatic rings. The quantitative estimate of drug-likeness (QED) is 0.656. The molecule has 72 valence electrons. The minimum absolute atomic E-state index is 0. The molecule has 0 aliphatic heterocycles. The monoisotopic (exact) mass is 186 g/mol. The van der Waals surface area contributed by atoms with E-state index in [4.69, 9.17) is 0 Å². The molecule has 0 bridgehead atoms. The van der Waals surface area contributed by atoms with Crippen LogP contribution in [-0.2, 0) is 0 Å². The fourth-order valence-corrected chi connectivity index (χ4v) is 1.51. The lowest BCUT2D eigenvalue weighted by molar-refractivity contribution is 0.824. The zero-order valence-electron chi connectivity index (χ0n) is 8.20. The number of hydrogen-bond donors (Lipinski definition) is 0. The van der Waals surface area contributed by atoms with Crippen LogP contribution in [0.25, 0.3) is 11.1 Å². The Balaban J connectivity index is 0.000000980. The Labute approximate surface area is 84.3 Å². The summed E-state index contributed by atoms with van der Waals surface area (Å²) in [5.74, 6) is 0. The molecule has 0 saturated heterocycles. The Bertz CT molecular complexity index is 393. The first-order valence-electron chi connectivity index (χ1n) is 4.49. The van der Waals surface area contributed by atoms with Gasteiger partial charge in [0.25, 0.3) is 0 Å². The number of aryl methyl sites for hydroxylation is 1. The number of benzene rings is 2. The van der Waals surface area contributed by atoms with E-state index >= 15 is 0 Å². The van der Waals surface area contributed by atoms with Gasteiger partial charge < -0.3 is 5.48 Å². The molecule has 0 radical (unpaired) electrons. The van der Waals surface area contributed by atoms with Gasteiger partial charge in [0.05, 0.1) is 0 Å². The van der Waals surface area contributed by atoms with Crippen LogP contribution in [0.3, 0.4) is 0 Å². The summed E-state index contributed by atoms with van der Waals surface area (Å²) in [7, 11) is 0. The zero-order chi connectivity index (χ0) is 9.10. The summed E-state index contributed by atoms with van der Waals surface area (Å²) in [6.45, 7) is 2.14. The maximum atomic E-state index is 2.16. The van der Waals surface area contributed by atoms with Gasteiger partial charge in [0.15, 0.2) is 0 Å². The van der Waals surface area contributed by atoms with Crippen LogP contribution in [0.2, 0.25) is 0 Å². The minimum Gasteiger partial charge on any atom is -0.412 e. The highest BCUT2D eigenvalue weighted by Gasteiger charge is 1.97. The summed E-state index contributed by atoms with van der Waals surface area (Å²) in [4.78, 5) is 0. The van der Waals surface area contributed by atoms with Crippen molar-refractivity contribution in [3.8, 4) is 11.1 Å². The molecule has 2 aromatic carbocycles. The molecule has 0 amide bonds. The average Bonchev–Trinajstić information content (AvgIpc) is 2.20. The third-order valence-corrected chi connectivity index (χ3v) is 2.23. The van der Waals surface area contributed by atoms with Gasteiger partial charge in [-0.3, -0.25) is 0 Å². The van der Waals surface area contributed by atoms with E-state index in [0.29, 0.717) is 0 Å². The van der Waals surface area contributed by atoms with Gasteiger partial charge in [0, 0.05) is 0 Å². The first kappa shape index (κ1) is 10.5. The van der Waals surface area contributed by atoms with Crippen LogP contribution in [0.5, 0.6) is 0 Å². The molecule has 0 aliphatic rings. The van der Waals surface area contributed by atoms with Crippen molar-refractivity contribution in [1.29, 1.82) is 0 Å². The molecule has 2 rings (SSSR count). The highest BCUT2D eigenvalue weighted by molar-refractivity contribution is 5.66. The molecule has 0 unspecified atom stereocenters. The Morgan fingerprint density at radius 3 is 1.93 bits per heavy atom. The Morgan fingerprint density at radius 1 is 0.714 bits per heavy atom. The van der Waals surface area contributed by atoms with Crippen LogP contribution in [0.1, 0.15) is 5.56 Å². The number of hydrogen-bond acceptors (Lipinski definition) is 0. The van der Waals surface area contributed by atoms with Crippen molar-refractivity contribution in [1.82, 2.24) is 0 Å². The van der Waals surface area contributed by atoms with Gasteiger partial charge in [0.2, 0.25) is 0 Å². The molecule has 0 saturated carbocycles. The van der Waals surface area contributed by atoms with Crippen LogP contribution < -0.4 is 0 Å². The second kappa shape index (κ2) is 4.58. The van der Waals surface area contributed by atoms with Crippen molar-refractivity contribution in [3.63, 3.8) is 0 Å². The third-order valence-electron chi connectivity index (χ3n) is 2.23. The topological polar surface area (TPSA) is 31.5 Å². The van der Waals surface area contributed by atoms with Crippen LogP contribution in [0, 0.1) is 6.92 Å². The molecule has 0 aliphatic carbocycles. The molecule has 0 aromatic heterocycles. The van der Waals surface area contributed by atoms with Crippen molar-refractivity contribution in [2.45, 2.75) is 6.92 Å². The lowest BCUT2D eigenvalue weighted by Crippen LogP contribution is -1.80. The Morgan fingerprint density at radius 2 is 1.29 bits per heavy atom. The summed E-state index contributed by atoms with van der Waals surface area (Å²) in [5.41, 5.74) is 3.94. The molecule has 0 heterocycles. The third kappa shape index (κ3) is 2.01. The van der Waals surface area contributed by atoms with E-state index < -0.39 is 0 Å². The van der Waals surface area contributed by atoms with Gasteiger partial charge in [0.1, 0.15) is 0 Å². The Hall–Kier alpha value is -1.60. The average molecular weight is 186 g/mol. The summed E-state index contributed by atoms with van der Waals surface area (Å²) < 4.78 is 0. The lowest BCUT2D eigenvalue weighted by atomic mass is 10.0. The Kier molecular flexibility index (Phi) is 3.43. The van der Waals surface area contributed by atoms with Gasteiger partial charge in [-0.15, -0.1) is 0 Å².